The molecule has 1 aliphatic rings. The van der Waals surface area contributed by atoms with E-state index in [4.69, 9.17) is 23.8 Å². The molecule has 1 aliphatic heterocycles. The average Bonchev–Trinajstić information content (AvgIpc) is 2.66. The lowest BCUT2D eigenvalue weighted by atomic mass is 10.2. The number of hydrogen-bond acceptors (Lipinski definition) is 3. The monoisotopic (exact) mass is 427 g/mol. The van der Waals surface area contributed by atoms with Gasteiger partial charge in [0.05, 0.1) is 15.6 Å². The van der Waals surface area contributed by atoms with Crippen molar-refractivity contribution in [1.82, 2.24) is 4.31 Å². The lowest BCUT2D eigenvalue weighted by molar-refractivity contribution is 0.346. The first kappa shape index (κ1) is 20.0. The van der Waals surface area contributed by atoms with Gasteiger partial charge < -0.3 is 10.6 Å². The minimum absolute atomic E-state index is 0.00456. The Bertz CT molecular complexity index is 930. The second-order valence-corrected chi connectivity index (χ2v) is 8.92. The van der Waals surface area contributed by atoms with Crippen molar-refractivity contribution >= 4 is 50.3 Å². The van der Waals surface area contributed by atoms with Gasteiger partial charge in [-0.05, 0) is 61.5 Å². The van der Waals surface area contributed by atoms with Gasteiger partial charge in [-0.25, -0.2) is 12.8 Å². The summed E-state index contributed by atoms with van der Waals surface area (Å²) in [6.07, 6.45) is 2.84. The molecule has 0 aromatic heterocycles. The fraction of sp³-hybridized carbons (Fsp3) is 0.278. The molecule has 0 saturated carbocycles. The molecule has 2 N–H and O–H groups in total. The lowest BCUT2D eigenvalue weighted by Gasteiger charge is -2.25. The summed E-state index contributed by atoms with van der Waals surface area (Å²) in [7, 11) is -3.47. The molecule has 0 aliphatic carbocycles. The topological polar surface area (TPSA) is 61.4 Å². The first-order chi connectivity index (χ1) is 12.9. The number of sulfonamides is 1. The van der Waals surface area contributed by atoms with Gasteiger partial charge in [-0.15, -0.1) is 0 Å². The van der Waals surface area contributed by atoms with Gasteiger partial charge in [-0.3, -0.25) is 0 Å². The minimum atomic E-state index is -3.47. The molecule has 0 atom stereocenters. The van der Waals surface area contributed by atoms with Gasteiger partial charge in [-0.2, -0.15) is 4.31 Å². The van der Waals surface area contributed by atoms with Gasteiger partial charge >= 0.3 is 0 Å². The number of nitrogens with zero attached hydrogens (tertiary/aromatic N) is 1. The van der Waals surface area contributed by atoms with Crippen molar-refractivity contribution < 1.29 is 12.8 Å². The van der Waals surface area contributed by atoms with Crippen LogP contribution in [0, 0.1) is 5.82 Å². The van der Waals surface area contributed by atoms with Crippen molar-refractivity contribution in [2.24, 2.45) is 0 Å². The van der Waals surface area contributed by atoms with Crippen LogP contribution in [0.4, 0.5) is 15.8 Å². The van der Waals surface area contributed by atoms with Crippen LogP contribution in [0.2, 0.25) is 5.02 Å². The molecule has 0 amide bonds. The Labute approximate surface area is 168 Å². The first-order valence-electron chi connectivity index (χ1n) is 8.50. The number of halogens is 2. The SMILES string of the molecule is O=S(=O)(c1ccc(NC(=S)Nc2cccc(Cl)c2F)cc1)N1CCCCC1. The Morgan fingerprint density at radius 1 is 1.04 bits per heavy atom. The fourth-order valence-corrected chi connectivity index (χ4v) is 4.77. The van der Waals surface area contributed by atoms with Crippen LogP contribution in [-0.4, -0.2) is 30.9 Å². The van der Waals surface area contributed by atoms with E-state index < -0.39 is 15.8 Å². The maximum absolute atomic E-state index is 13.9. The van der Waals surface area contributed by atoms with Gasteiger partial charge in [0.25, 0.3) is 0 Å². The predicted molar refractivity (Wildman–Crippen MR) is 110 cm³/mol. The molecule has 27 heavy (non-hydrogen) atoms. The summed E-state index contributed by atoms with van der Waals surface area (Å²) in [6.45, 7) is 1.11. The van der Waals surface area contributed by atoms with Crippen molar-refractivity contribution in [1.29, 1.82) is 0 Å². The lowest BCUT2D eigenvalue weighted by Crippen LogP contribution is -2.35. The highest BCUT2D eigenvalue weighted by molar-refractivity contribution is 7.89. The number of hydrogen-bond donors (Lipinski definition) is 2. The molecule has 0 spiro atoms. The summed E-state index contributed by atoms with van der Waals surface area (Å²) in [4.78, 5) is 0.245. The molecule has 0 radical (unpaired) electrons. The summed E-state index contributed by atoms with van der Waals surface area (Å²) >= 11 is 10.9. The third kappa shape index (κ3) is 4.76. The molecule has 2 aromatic rings. The Morgan fingerprint density at radius 3 is 2.37 bits per heavy atom. The Hall–Kier alpha value is -1.74. The molecule has 144 valence electrons. The van der Waals surface area contributed by atoms with E-state index in [9.17, 15) is 12.8 Å². The highest BCUT2D eigenvalue weighted by atomic mass is 35.5. The van der Waals surface area contributed by atoms with Crippen molar-refractivity contribution in [2.45, 2.75) is 24.2 Å². The number of rotatable bonds is 4. The van der Waals surface area contributed by atoms with Gasteiger partial charge in [0.2, 0.25) is 10.0 Å². The van der Waals surface area contributed by atoms with Crippen LogP contribution in [0.3, 0.4) is 0 Å². The largest absolute Gasteiger partial charge is 0.332 e. The Morgan fingerprint density at radius 2 is 1.70 bits per heavy atom. The molecule has 5 nitrogen and oxygen atoms in total. The van der Waals surface area contributed by atoms with Gasteiger partial charge in [0.1, 0.15) is 0 Å². The van der Waals surface area contributed by atoms with Crippen LogP contribution < -0.4 is 10.6 Å². The van der Waals surface area contributed by atoms with Gasteiger partial charge in [0, 0.05) is 18.8 Å². The average molecular weight is 428 g/mol. The van der Waals surface area contributed by atoms with Gasteiger partial charge in [0.15, 0.2) is 10.9 Å². The zero-order valence-corrected chi connectivity index (χ0v) is 16.8. The minimum Gasteiger partial charge on any atom is -0.332 e. The van der Waals surface area contributed by atoms with E-state index in [-0.39, 0.29) is 20.7 Å². The van der Waals surface area contributed by atoms with E-state index in [1.54, 1.807) is 18.2 Å². The normalized spacial score (nSPS) is 15.3. The summed E-state index contributed by atoms with van der Waals surface area (Å²) in [5, 5.41) is 5.79. The fourth-order valence-electron chi connectivity index (χ4n) is 2.85. The van der Waals surface area contributed by atoms with Crippen LogP contribution in [-0.2, 0) is 10.0 Å². The molecule has 2 aromatic carbocycles. The molecule has 3 rings (SSSR count). The smallest absolute Gasteiger partial charge is 0.243 e. The Kier molecular flexibility index (Phi) is 6.31. The summed E-state index contributed by atoms with van der Waals surface area (Å²) in [6, 6.07) is 10.9. The number of anilines is 2. The standard InChI is InChI=1S/C18H19ClFN3O2S2/c19-15-5-4-6-16(17(15)20)22-18(26)21-13-7-9-14(10-8-13)27(24,25)23-11-2-1-3-12-23/h4-10H,1-3,11-12H2,(H2,21,22,26). The van der Waals surface area contributed by atoms with Crippen molar-refractivity contribution in [2.75, 3.05) is 23.7 Å². The third-order valence-electron chi connectivity index (χ3n) is 4.26. The second-order valence-electron chi connectivity index (χ2n) is 6.17. The van der Waals surface area contributed by atoms with Crippen LogP contribution >= 0.6 is 23.8 Å². The summed E-state index contributed by atoms with van der Waals surface area (Å²) in [5.41, 5.74) is 0.747. The first-order valence-corrected chi connectivity index (χ1v) is 10.7. The molecule has 1 heterocycles. The molecule has 0 unspecified atom stereocenters. The molecular weight excluding hydrogens is 409 g/mol. The maximum Gasteiger partial charge on any atom is 0.243 e. The molecular formula is C18H19ClFN3O2S2. The molecule has 9 heteroatoms. The van der Waals surface area contributed by atoms with E-state index >= 15 is 0 Å². The molecule has 1 fully saturated rings. The number of nitrogens with one attached hydrogen (secondary N) is 2. The zero-order valence-electron chi connectivity index (χ0n) is 14.4. The third-order valence-corrected chi connectivity index (χ3v) is 6.67. The van der Waals surface area contributed by atoms with E-state index in [1.807, 2.05) is 0 Å². The molecule has 1 saturated heterocycles. The number of piperidine rings is 1. The van der Waals surface area contributed by atoms with Crippen LogP contribution in [0.25, 0.3) is 0 Å². The van der Waals surface area contributed by atoms with Crippen molar-refractivity contribution in [3.05, 3.63) is 53.3 Å². The van der Waals surface area contributed by atoms with Crippen molar-refractivity contribution in [3.63, 3.8) is 0 Å². The quantitative estimate of drug-likeness (QED) is 0.705. The van der Waals surface area contributed by atoms with Crippen molar-refractivity contribution in [3.8, 4) is 0 Å². The number of thiocarbonyl (C=S) groups is 1. The maximum atomic E-state index is 13.9. The van der Waals surface area contributed by atoms with Crippen LogP contribution in [0.15, 0.2) is 47.4 Å². The van der Waals surface area contributed by atoms with Gasteiger partial charge in [-0.1, -0.05) is 24.1 Å². The second kappa shape index (κ2) is 8.52. The van der Waals surface area contributed by atoms with E-state index in [0.29, 0.717) is 18.8 Å². The van der Waals surface area contributed by atoms with Crippen LogP contribution in [0.1, 0.15) is 19.3 Å². The highest BCUT2D eigenvalue weighted by Crippen LogP contribution is 2.24. The van der Waals surface area contributed by atoms with E-state index in [0.717, 1.165) is 19.3 Å². The zero-order chi connectivity index (χ0) is 19.4. The highest BCUT2D eigenvalue weighted by Gasteiger charge is 2.25. The Balaban J connectivity index is 1.66. The summed E-state index contributed by atoms with van der Waals surface area (Å²) in [5.74, 6) is -0.591. The van der Waals surface area contributed by atoms with Crippen LogP contribution in [0.5, 0.6) is 0 Å². The number of benzene rings is 2. The molecule has 0 bridgehead atoms. The van der Waals surface area contributed by atoms with E-state index in [2.05, 4.69) is 10.6 Å². The summed E-state index contributed by atoms with van der Waals surface area (Å²) < 4.78 is 40.7. The van der Waals surface area contributed by atoms with E-state index in [1.165, 1.54) is 28.6 Å². The predicted octanol–water partition coefficient (Wildman–Crippen LogP) is 4.46.